The Balaban J connectivity index is 0.717. The van der Waals surface area contributed by atoms with Crippen molar-refractivity contribution in [3.63, 3.8) is 0 Å². The molecule has 14 rings (SSSR count). The molecule has 0 radical (unpaired) electrons. The van der Waals surface area contributed by atoms with Gasteiger partial charge in [0.05, 0.1) is 22.1 Å². The lowest BCUT2D eigenvalue weighted by Gasteiger charge is -2.26. The molecule has 2 heterocycles. The highest BCUT2D eigenvalue weighted by Crippen LogP contribution is 2.40. The van der Waals surface area contributed by atoms with Crippen molar-refractivity contribution in [2.24, 2.45) is 0 Å². The van der Waals surface area contributed by atoms with E-state index in [0.717, 1.165) is 28.4 Å². The first kappa shape index (κ1) is 43.8. The van der Waals surface area contributed by atoms with Crippen LogP contribution in [0.5, 0.6) is 0 Å². The number of hydrogen-bond donors (Lipinski definition) is 0. The number of rotatable bonds is 10. The van der Waals surface area contributed by atoms with Crippen molar-refractivity contribution < 1.29 is 0 Å². The predicted molar refractivity (Wildman–Crippen MR) is 317 cm³/mol. The molecule has 12 aromatic carbocycles. The molecule has 0 aliphatic rings. The summed E-state index contributed by atoms with van der Waals surface area (Å²) in [6.07, 6.45) is 0. The van der Waals surface area contributed by atoms with Crippen molar-refractivity contribution in [1.82, 2.24) is 9.13 Å². The fraction of sp³-hybridized carbons (Fsp3) is 0. The summed E-state index contributed by atoms with van der Waals surface area (Å²) in [5, 5.41) is 5.09. The fourth-order valence-corrected chi connectivity index (χ4v) is 11.2. The molecule has 352 valence electrons. The van der Waals surface area contributed by atoms with E-state index >= 15 is 0 Å². The zero-order valence-corrected chi connectivity index (χ0v) is 41.1. The summed E-state index contributed by atoms with van der Waals surface area (Å²) in [5.41, 5.74) is 22.3. The normalized spacial score (nSPS) is 11.5. The van der Waals surface area contributed by atoms with Gasteiger partial charge in [-0.15, -0.1) is 0 Å². The molecule has 0 saturated carbocycles. The van der Waals surface area contributed by atoms with Gasteiger partial charge in [0.25, 0.3) is 0 Å². The van der Waals surface area contributed by atoms with Gasteiger partial charge in [-0.1, -0.05) is 212 Å². The first-order valence-corrected chi connectivity index (χ1v) is 25.7. The average Bonchev–Trinajstić information content (AvgIpc) is 4.03. The van der Waals surface area contributed by atoms with Gasteiger partial charge in [-0.2, -0.15) is 0 Å². The highest BCUT2D eigenvalue weighted by Gasteiger charge is 2.16. The standard InChI is InChI=1S/C72H49N3/c1-2-12-50(13-3-1)55-30-40-60(41-31-55)73(61-42-32-56(33-43-61)51-22-26-53(27-23-51)58-36-46-63(47-37-58)74-69-18-8-4-14-65(69)66-15-5-9-19-70(66)74)62-44-34-57(35-45-62)52-24-28-54(29-25-52)59-38-48-64(49-39-59)75-71-20-10-6-16-67(71)68-17-7-11-21-72(68)75/h1-49H. The van der Waals surface area contributed by atoms with Gasteiger partial charge in [0.15, 0.2) is 0 Å². The van der Waals surface area contributed by atoms with E-state index in [1.165, 1.54) is 99.2 Å². The third-order valence-corrected chi connectivity index (χ3v) is 15.0. The first-order chi connectivity index (χ1) is 37.2. The van der Waals surface area contributed by atoms with Crippen LogP contribution in [0.3, 0.4) is 0 Å². The van der Waals surface area contributed by atoms with Crippen LogP contribution >= 0.6 is 0 Å². The molecule has 0 N–H and O–H groups in total. The summed E-state index contributed by atoms with van der Waals surface area (Å²) in [6, 6.07) is 108. The zero-order chi connectivity index (χ0) is 49.7. The summed E-state index contributed by atoms with van der Waals surface area (Å²) in [5.74, 6) is 0. The van der Waals surface area contributed by atoms with Gasteiger partial charge in [-0.3, -0.25) is 0 Å². The number of nitrogens with zero attached hydrogens (tertiary/aromatic N) is 3. The predicted octanol–water partition coefficient (Wildman–Crippen LogP) is 19.7. The number of benzene rings is 12. The molecule has 0 spiro atoms. The lowest BCUT2D eigenvalue weighted by Crippen LogP contribution is -2.09. The SMILES string of the molecule is c1ccc(-c2ccc(N(c3ccc(-c4ccc(-c5ccc(-n6c7ccccc7c7ccccc76)cc5)cc4)cc3)c3ccc(-c4ccc(-c5ccc(-n6c7ccccc7c7ccccc76)cc5)cc4)cc3)cc2)cc1. The summed E-state index contributed by atoms with van der Waals surface area (Å²) in [4.78, 5) is 2.35. The van der Waals surface area contributed by atoms with E-state index in [4.69, 9.17) is 0 Å². The maximum absolute atomic E-state index is 2.37. The fourth-order valence-electron chi connectivity index (χ4n) is 11.2. The van der Waals surface area contributed by atoms with Gasteiger partial charge in [0.2, 0.25) is 0 Å². The molecule has 0 amide bonds. The Hall–Kier alpha value is -9.96. The molecule has 3 heteroatoms. The zero-order valence-electron chi connectivity index (χ0n) is 41.1. The minimum absolute atomic E-state index is 1.09. The van der Waals surface area contributed by atoms with Crippen LogP contribution in [-0.4, -0.2) is 9.13 Å². The van der Waals surface area contributed by atoms with Crippen molar-refractivity contribution in [3.8, 4) is 67.0 Å². The van der Waals surface area contributed by atoms with E-state index < -0.39 is 0 Å². The molecule has 0 aliphatic heterocycles. The maximum atomic E-state index is 2.37. The molecule has 2 aromatic heterocycles. The van der Waals surface area contributed by atoms with E-state index in [2.05, 4.69) is 311 Å². The third-order valence-electron chi connectivity index (χ3n) is 15.0. The molecule has 14 aromatic rings. The second-order valence-corrected chi connectivity index (χ2v) is 19.3. The lowest BCUT2D eigenvalue weighted by atomic mass is 9.99. The molecule has 0 atom stereocenters. The molecule has 75 heavy (non-hydrogen) atoms. The minimum atomic E-state index is 1.09. The highest BCUT2D eigenvalue weighted by atomic mass is 15.1. The number of aromatic nitrogens is 2. The van der Waals surface area contributed by atoms with E-state index in [1.807, 2.05) is 0 Å². The van der Waals surface area contributed by atoms with Crippen molar-refractivity contribution in [3.05, 3.63) is 297 Å². The van der Waals surface area contributed by atoms with Crippen LogP contribution in [0.4, 0.5) is 17.1 Å². The van der Waals surface area contributed by atoms with Crippen LogP contribution in [0, 0.1) is 0 Å². The lowest BCUT2D eigenvalue weighted by molar-refractivity contribution is 1.18. The summed E-state index contributed by atoms with van der Waals surface area (Å²) >= 11 is 0. The van der Waals surface area contributed by atoms with Crippen LogP contribution in [0.2, 0.25) is 0 Å². The topological polar surface area (TPSA) is 13.1 Å². The Morgan fingerprint density at radius 2 is 0.373 bits per heavy atom. The van der Waals surface area contributed by atoms with Crippen LogP contribution in [-0.2, 0) is 0 Å². The van der Waals surface area contributed by atoms with E-state index in [0.29, 0.717) is 0 Å². The molecule has 0 unspecified atom stereocenters. The van der Waals surface area contributed by atoms with Gasteiger partial charge in [-0.25, -0.2) is 0 Å². The van der Waals surface area contributed by atoms with Gasteiger partial charge in [0, 0.05) is 50.0 Å². The number of hydrogen-bond acceptors (Lipinski definition) is 1. The van der Waals surface area contributed by atoms with Crippen LogP contribution in [0.15, 0.2) is 297 Å². The van der Waals surface area contributed by atoms with Crippen LogP contribution < -0.4 is 4.90 Å². The minimum Gasteiger partial charge on any atom is -0.311 e. The third kappa shape index (κ3) is 7.95. The van der Waals surface area contributed by atoms with Gasteiger partial charge >= 0.3 is 0 Å². The second-order valence-electron chi connectivity index (χ2n) is 19.3. The van der Waals surface area contributed by atoms with Crippen molar-refractivity contribution in [2.75, 3.05) is 4.90 Å². The Kier molecular flexibility index (Phi) is 10.8. The van der Waals surface area contributed by atoms with E-state index in [9.17, 15) is 0 Å². The Labute approximate surface area is 436 Å². The maximum Gasteiger partial charge on any atom is 0.0541 e. The molecule has 0 aliphatic carbocycles. The largest absolute Gasteiger partial charge is 0.311 e. The molecule has 3 nitrogen and oxygen atoms in total. The molecule has 0 saturated heterocycles. The van der Waals surface area contributed by atoms with Gasteiger partial charge < -0.3 is 14.0 Å². The average molecular weight is 956 g/mol. The number of para-hydroxylation sites is 4. The van der Waals surface area contributed by atoms with Gasteiger partial charge in [-0.05, 0) is 141 Å². The van der Waals surface area contributed by atoms with Crippen molar-refractivity contribution in [2.45, 2.75) is 0 Å². The summed E-state index contributed by atoms with van der Waals surface area (Å²) in [7, 11) is 0. The van der Waals surface area contributed by atoms with Crippen LogP contribution in [0.1, 0.15) is 0 Å². The number of anilines is 3. The van der Waals surface area contributed by atoms with E-state index in [-0.39, 0.29) is 0 Å². The first-order valence-electron chi connectivity index (χ1n) is 25.7. The smallest absolute Gasteiger partial charge is 0.0541 e. The summed E-state index contributed by atoms with van der Waals surface area (Å²) in [6.45, 7) is 0. The molecule has 0 fully saturated rings. The van der Waals surface area contributed by atoms with Crippen molar-refractivity contribution in [1.29, 1.82) is 0 Å². The molecule has 0 bridgehead atoms. The second kappa shape index (κ2) is 18.6. The Bertz CT molecular complexity index is 3970. The van der Waals surface area contributed by atoms with Gasteiger partial charge in [0.1, 0.15) is 0 Å². The number of fused-ring (bicyclic) bond motifs is 6. The molecular formula is C72H49N3. The monoisotopic (exact) mass is 955 g/mol. The molecular weight excluding hydrogens is 907 g/mol. The van der Waals surface area contributed by atoms with E-state index in [1.54, 1.807) is 0 Å². The van der Waals surface area contributed by atoms with Crippen LogP contribution in [0.25, 0.3) is 111 Å². The van der Waals surface area contributed by atoms with Crippen molar-refractivity contribution >= 4 is 60.7 Å². The Morgan fingerprint density at radius 3 is 0.640 bits per heavy atom. The Morgan fingerprint density at radius 1 is 0.173 bits per heavy atom. The quantitative estimate of drug-likeness (QED) is 0.133. The summed E-state index contributed by atoms with van der Waals surface area (Å²) < 4.78 is 4.73. The highest BCUT2D eigenvalue weighted by molar-refractivity contribution is 6.10.